The number of benzene rings is 3. The molecule has 2 N–H and O–H groups in total. The molecular weight excluding hydrogens is 368 g/mol. The number of rotatable bonds is 6. The van der Waals surface area contributed by atoms with Gasteiger partial charge in [-0.15, -0.1) is 0 Å². The molecule has 1 aliphatic rings. The number of thioether (sulfide) groups is 1. The number of hydrogen-bond donors (Lipinski definition) is 2. The highest BCUT2D eigenvalue weighted by atomic mass is 32.2. The summed E-state index contributed by atoms with van der Waals surface area (Å²) in [4.78, 5) is 24.5. The first kappa shape index (κ1) is 18.6. The molecule has 3 aromatic carbocycles. The molecule has 0 fully saturated rings. The van der Waals surface area contributed by atoms with Gasteiger partial charge in [0.1, 0.15) is 0 Å². The largest absolute Gasteiger partial charge is 0.355 e. The van der Waals surface area contributed by atoms with Gasteiger partial charge in [-0.1, -0.05) is 60.7 Å². The Morgan fingerprint density at radius 3 is 2.75 bits per heavy atom. The normalized spacial score (nSPS) is 15.7. The minimum atomic E-state index is -0.409. The second kappa shape index (κ2) is 8.48. The molecule has 2 amide bonds. The van der Waals surface area contributed by atoms with Crippen molar-refractivity contribution in [3.63, 3.8) is 0 Å². The highest BCUT2D eigenvalue weighted by Crippen LogP contribution is 2.32. The van der Waals surface area contributed by atoms with Crippen LogP contribution in [0, 0.1) is 0 Å². The molecule has 1 aliphatic heterocycles. The van der Waals surface area contributed by atoms with E-state index in [0.717, 1.165) is 22.8 Å². The molecule has 3 aromatic rings. The molecule has 0 aliphatic carbocycles. The summed E-state index contributed by atoms with van der Waals surface area (Å²) in [5.74, 6) is 1.15. The van der Waals surface area contributed by atoms with Crippen LogP contribution in [0.1, 0.15) is 23.5 Å². The predicted molar refractivity (Wildman–Crippen MR) is 116 cm³/mol. The summed E-state index contributed by atoms with van der Waals surface area (Å²) in [5.41, 5.74) is 2.94. The van der Waals surface area contributed by atoms with E-state index >= 15 is 0 Å². The summed E-state index contributed by atoms with van der Waals surface area (Å²) in [6.45, 7) is 0.592. The van der Waals surface area contributed by atoms with Gasteiger partial charge in [-0.25, -0.2) is 0 Å². The Bertz CT molecular complexity index is 1010. The zero-order valence-electron chi connectivity index (χ0n) is 15.5. The Hall–Kier alpha value is -2.79. The maximum Gasteiger partial charge on any atom is 0.228 e. The first-order valence-corrected chi connectivity index (χ1v) is 10.6. The van der Waals surface area contributed by atoms with Crippen LogP contribution in [0.5, 0.6) is 0 Å². The number of amides is 2. The van der Waals surface area contributed by atoms with Crippen molar-refractivity contribution in [3.8, 4) is 0 Å². The van der Waals surface area contributed by atoms with Crippen LogP contribution < -0.4 is 10.6 Å². The van der Waals surface area contributed by atoms with Gasteiger partial charge < -0.3 is 10.6 Å². The topological polar surface area (TPSA) is 58.2 Å². The van der Waals surface area contributed by atoms with Crippen molar-refractivity contribution < 1.29 is 9.59 Å². The van der Waals surface area contributed by atoms with Crippen molar-refractivity contribution in [2.24, 2.45) is 0 Å². The van der Waals surface area contributed by atoms with Crippen LogP contribution in [0.15, 0.2) is 66.7 Å². The van der Waals surface area contributed by atoms with Crippen molar-refractivity contribution in [2.75, 3.05) is 17.6 Å². The van der Waals surface area contributed by atoms with E-state index in [-0.39, 0.29) is 18.2 Å². The Kier molecular flexibility index (Phi) is 5.63. The third-order valence-electron chi connectivity index (χ3n) is 5.00. The summed E-state index contributed by atoms with van der Waals surface area (Å²) in [5, 5.41) is 8.36. The van der Waals surface area contributed by atoms with E-state index < -0.39 is 5.92 Å². The minimum absolute atomic E-state index is 0.0759. The first-order chi connectivity index (χ1) is 13.7. The number of nitrogens with one attached hydrogen (secondary N) is 2. The molecule has 0 radical (unpaired) electrons. The number of carbonyl (C=O) groups is 2. The van der Waals surface area contributed by atoms with Crippen LogP contribution in [-0.2, 0) is 15.3 Å². The molecular formula is C23H22N2O2S. The Morgan fingerprint density at radius 2 is 1.82 bits per heavy atom. The average molecular weight is 391 g/mol. The van der Waals surface area contributed by atoms with Gasteiger partial charge in [0.25, 0.3) is 0 Å². The lowest BCUT2D eigenvalue weighted by atomic mass is 9.90. The maximum atomic E-state index is 12.6. The summed E-state index contributed by atoms with van der Waals surface area (Å²) in [6, 6.07) is 22.3. The lowest BCUT2D eigenvalue weighted by Gasteiger charge is -2.24. The molecule has 1 heterocycles. The predicted octanol–water partition coefficient (Wildman–Crippen LogP) is 4.32. The van der Waals surface area contributed by atoms with E-state index in [1.54, 1.807) is 11.8 Å². The molecule has 1 atom stereocenters. The second-order valence-corrected chi connectivity index (χ2v) is 7.98. The highest BCUT2D eigenvalue weighted by Gasteiger charge is 2.30. The molecule has 0 saturated carbocycles. The van der Waals surface area contributed by atoms with Crippen LogP contribution in [0.3, 0.4) is 0 Å². The van der Waals surface area contributed by atoms with Crippen molar-refractivity contribution >= 4 is 40.0 Å². The van der Waals surface area contributed by atoms with Gasteiger partial charge in [-0.3, -0.25) is 9.59 Å². The second-order valence-electron chi connectivity index (χ2n) is 6.87. The molecule has 1 unspecified atom stereocenters. The zero-order chi connectivity index (χ0) is 19.3. The van der Waals surface area contributed by atoms with Gasteiger partial charge in [0.05, 0.1) is 5.92 Å². The van der Waals surface area contributed by atoms with Crippen molar-refractivity contribution in [3.05, 3.63) is 77.9 Å². The average Bonchev–Trinajstić information content (AvgIpc) is 2.72. The van der Waals surface area contributed by atoms with Crippen LogP contribution in [0.25, 0.3) is 10.8 Å². The Labute approximate surface area is 168 Å². The molecule has 142 valence electrons. The van der Waals surface area contributed by atoms with E-state index in [0.29, 0.717) is 6.54 Å². The molecule has 28 heavy (non-hydrogen) atoms. The standard InChI is InChI=1S/C23H22N2O2S/c26-22-14-20(19-10-3-4-11-21(19)25-22)23(27)24-12-13-28-15-17-8-5-7-16-6-1-2-9-18(16)17/h1-11,20H,12-15H2,(H,24,27)(H,25,26). The van der Waals surface area contributed by atoms with Crippen molar-refractivity contribution in [1.82, 2.24) is 5.32 Å². The van der Waals surface area contributed by atoms with Gasteiger partial charge in [-0.2, -0.15) is 11.8 Å². The van der Waals surface area contributed by atoms with Crippen LogP contribution in [0.2, 0.25) is 0 Å². The summed E-state index contributed by atoms with van der Waals surface area (Å²) in [6.07, 6.45) is 0.200. The molecule has 0 bridgehead atoms. The minimum Gasteiger partial charge on any atom is -0.355 e. The third-order valence-corrected chi connectivity index (χ3v) is 6.01. The quantitative estimate of drug-likeness (QED) is 0.617. The van der Waals surface area contributed by atoms with E-state index in [9.17, 15) is 9.59 Å². The summed E-state index contributed by atoms with van der Waals surface area (Å²) in [7, 11) is 0. The molecule has 0 spiro atoms. The number of fused-ring (bicyclic) bond motifs is 2. The fourth-order valence-electron chi connectivity index (χ4n) is 3.62. The van der Waals surface area contributed by atoms with E-state index in [4.69, 9.17) is 0 Å². The van der Waals surface area contributed by atoms with Crippen molar-refractivity contribution in [1.29, 1.82) is 0 Å². The Morgan fingerprint density at radius 1 is 1.04 bits per heavy atom. The van der Waals surface area contributed by atoms with Gasteiger partial charge in [-0.05, 0) is 28.0 Å². The smallest absolute Gasteiger partial charge is 0.228 e. The van der Waals surface area contributed by atoms with E-state index in [1.165, 1.54) is 16.3 Å². The Balaban J connectivity index is 1.30. The van der Waals surface area contributed by atoms with Gasteiger partial charge >= 0.3 is 0 Å². The summed E-state index contributed by atoms with van der Waals surface area (Å²) >= 11 is 1.80. The number of para-hydroxylation sites is 1. The van der Waals surface area contributed by atoms with Gasteiger partial charge in [0.2, 0.25) is 11.8 Å². The van der Waals surface area contributed by atoms with Crippen LogP contribution in [0.4, 0.5) is 5.69 Å². The molecule has 4 nitrogen and oxygen atoms in total. The number of anilines is 1. The van der Waals surface area contributed by atoms with E-state index in [2.05, 4.69) is 53.1 Å². The summed E-state index contributed by atoms with van der Waals surface area (Å²) < 4.78 is 0. The monoisotopic (exact) mass is 390 g/mol. The highest BCUT2D eigenvalue weighted by molar-refractivity contribution is 7.98. The lowest BCUT2D eigenvalue weighted by Crippen LogP contribution is -2.36. The zero-order valence-corrected chi connectivity index (χ0v) is 16.3. The number of hydrogen-bond acceptors (Lipinski definition) is 3. The fraction of sp³-hybridized carbons (Fsp3) is 0.217. The van der Waals surface area contributed by atoms with Crippen LogP contribution in [-0.4, -0.2) is 24.1 Å². The lowest BCUT2D eigenvalue weighted by molar-refractivity contribution is -0.126. The first-order valence-electron chi connectivity index (χ1n) is 9.43. The maximum absolute atomic E-state index is 12.6. The molecule has 5 heteroatoms. The number of carbonyl (C=O) groups excluding carboxylic acids is 2. The van der Waals surface area contributed by atoms with Crippen molar-refractivity contribution in [2.45, 2.75) is 18.1 Å². The van der Waals surface area contributed by atoms with Gasteiger partial charge in [0, 0.05) is 30.2 Å². The fourth-order valence-corrected chi connectivity index (χ4v) is 4.48. The molecule has 0 aromatic heterocycles. The van der Waals surface area contributed by atoms with Gasteiger partial charge in [0.15, 0.2) is 0 Å². The SMILES string of the molecule is O=C1CC(C(=O)NCCSCc2cccc3ccccc23)c2ccccc2N1. The molecule has 4 rings (SSSR count). The molecule has 0 saturated heterocycles. The van der Waals surface area contributed by atoms with E-state index in [1.807, 2.05) is 24.3 Å². The third kappa shape index (κ3) is 4.04. The van der Waals surface area contributed by atoms with Crippen LogP contribution >= 0.6 is 11.8 Å².